The molecule has 0 bridgehead atoms. The predicted octanol–water partition coefficient (Wildman–Crippen LogP) is 3.22. The van der Waals surface area contributed by atoms with E-state index in [1.807, 2.05) is 0 Å². The second-order valence-electron chi connectivity index (χ2n) is 3.95. The Morgan fingerprint density at radius 3 is 2.79 bits per heavy atom. The van der Waals surface area contributed by atoms with E-state index in [4.69, 9.17) is 4.42 Å². The van der Waals surface area contributed by atoms with E-state index in [0.717, 1.165) is 0 Å². The summed E-state index contributed by atoms with van der Waals surface area (Å²) in [5, 5.41) is 13.9. The number of hydrogen-bond acceptors (Lipinski definition) is 6. The molecule has 2 aromatic rings. The molecule has 2 rings (SSSR count). The Morgan fingerprint density at radius 2 is 2.21 bits per heavy atom. The molecule has 0 amide bonds. The van der Waals surface area contributed by atoms with Crippen LogP contribution in [0.1, 0.15) is 24.6 Å². The van der Waals surface area contributed by atoms with Crippen LogP contribution in [0.25, 0.3) is 0 Å². The Bertz CT molecular complexity index is 614. The minimum Gasteiger partial charge on any atom is -0.444 e. The van der Waals surface area contributed by atoms with Gasteiger partial charge in [0.2, 0.25) is 11.7 Å². The van der Waals surface area contributed by atoms with Crippen LogP contribution < -0.4 is 5.32 Å². The topological polar surface area (TPSA) is 94.1 Å². The molecule has 19 heavy (non-hydrogen) atoms. The van der Waals surface area contributed by atoms with Crippen molar-refractivity contribution in [2.24, 2.45) is 0 Å². The molecule has 0 fully saturated rings. The van der Waals surface area contributed by atoms with E-state index in [0.29, 0.717) is 16.1 Å². The van der Waals surface area contributed by atoms with Crippen molar-refractivity contribution in [1.29, 1.82) is 0 Å². The molecule has 0 saturated carbocycles. The van der Waals surface area contributed by atoms with E-state index in [2.05, 4.69) is 31.2 Å². The number of hydrogen-bond donors (Lipinski definition) is 1. The van der Waals surface area contributed by atoms with Crippen molar-refractivity contribution in [1.82, 2.24) is 9.97 Å². The molecule has 0 spiro atoms. The average molecular weight is 327 g/mol. The highest BCUT2D eigenvalue weighted by molar-refractivity contribution is 9.10. The number of aryl methyl sites for hydroxylation is 1. The largest absolute Gasteiger partial charge is 0.444 e. The van der Waals surface area contributed by atoms with Crippen LogP contribution in [-0.2, 0) is 0 Å². The van der Waals surface area contributed by atoms with Crippen molar-refractivity contribution in [3.8, 4) is 0 Å². The maximum atomic E-state index is 11.0. The summed E-state index contributed by atoms with van der Waals surface area (Å²) in [6.45, 7) is 3.57. The van der Waals surface area contributed by atoms with Crippen LogP contribution in [0.4, 0.5) is 11.5 Å². The summed E-state index contributed by atoms with van der Waals surface area (Å²) in [5.74, 6) is 1.31. The molecular formula is C11H11BrN4O3. The van der Waals surface area contributed by atoms with Crippen molar-refractivity contribution < 1.29 is 9.34 Å². The molecule has 0 saturated heterocycles. The van der Waals surface area contributed by atoms with E-state index >= 15 is 0 Å². The van der Waals surface area contributed by atoms with E-state index in [1.54, 1.807) is 20.0 Å². The maximum absolute atomic E-state index is 11.0. The number of nitrogens with zero attached hydrogens (tertiary/aromatic N) is 3. The first-order chi connectivity index (χ1) is 8.97. The summed E-state index contributed by atoms with van der Waals surface area (Å²) in [7, 11) is 0. The van der Waals surface area contributed by atoms with E-state index < -0.39 is 4.92 Å². The lowest BCUT2D eigenvalue weighted by atomic mass is 10.3. The van der Waals surface area contributed by atoms with E-state index in [9.17, 15) is 10.1 Å². The van der Waals surface area contributed by atoms with Crippen molar-refractivity contribution in [3.05, 3.63) is 44.7 Å². The highest BCUT2D eigenvalue weighted by Crippen LogP contribution is 2.28. The monoisotopic (exact) mass is 326 g/mol. The molecule has 0 aromatic carbocycles. The fraction of sp³-hybridized carbons (Fsp3) is 0.273. The normalized spacial score (nSPS) is 12.2. The fourth-order valence-electron chi connectivity index (χ4n) is 1.52. The SMILES string of the molecule is Cc1cnc(C(C)Nc2ncc(Br)cc2[N+](=O)[O-])o1. The number of rotatable bonds is 4. The molecule has 0 radical (unpaired) electrons. The first kappa shape index (κ1) is 13.5. The van der Waals surface area contributed by atoms with Gasteiger partial charge in [0.15, 0.2) is 0 Å². The number of anilines is 1. The van der Waals surface area contributed by atoms with Gasteiger partial charge in [-0.05, 0) is 29.8 Å². The number of aromatic nitrogens is 2. The van der Waals surface area contributed by atoms with Crippen LogP contribution in [-0.4, -0.2) is 14.9 Å². The van der Waals surface area contributed by atoms with Crippen molar-refractivity contribution in [2.75, 3.05) is 5.32 Å². The van der Waals surface area contributed by atoms with Crippen molar-refractivity contribution in [2.45, 2.75) is 19.9 Å². The molecule has 0 aliphatic carbocycles. The molecule has 8 heteroatoms. The third kappa shape index (κ3) is 3.08. The summed E-state index contributed by atoms with van der Waals surface area (Å²) < 4.78 is 5.91. The van der Waals surface area contributed by atoms with Crippen LogP contribution in [0.2, 0.25) is 0 Å². The summed E-state index contributed by atoms with van der Waals surface area (Å²) in [6.07, 6.45) is 3.08. The van der Waals surface area contributed by atoms with Crippen LogP contribution in [0.3, 0.4) is 0 Å². The van der Waals surface area contributed by atoms with Gasteiger partial charge in [0, 0.05) is 16.7 Å². The Morgan fingerprint density at radius 1 is 1.47 bits per heavy atom. The number of nitro groups is 1. The second kappa shape index (κ2) is 5.35. The van der Waals surface area contributed by atoms with Gasteiger partial charge in [0.05, 0.1) is 11.1 Å². The van der Waals surface area contributed by atoms with Gasteiger partial charge in [-0.1, -0.05) is 0 Å². The van der Waals surface area contributed by atoms with E-state index in [-0.39, 0.29) is 17.5 Å². The highest BCUT2D eigenvalue weighted by atomic mass is 79.9. The van der Waals surface area contributed by atoms with Crippen LogP contribution >= 0.6 is 15.9 Å². The maximum Gasteiger partial charge on any atom is 0.312 e. The molecule has 0 aliphatic heterocycles. The van der Waals surface area contributed by atoms with Crippen molar-refractivity contribution >= 4 is 27.4 Å². The van der Waals surface area contributed by atoms with Gasteiger partial charge in [-0.15, -0.1) is 0 Å². The molecule has 2 aromatic heterocycles. The Labute approximate surface area is 117 Å². The molecular weight excluding hydrogens is 316 g/mol. The molecule has 1 N–H and O–H groups in total. The first-order valence-corrected chi connectivity index (χ1v) is 6.25. The zero-order valence-electron chi connectivity index (χ0n) is 10.3. The minimum absolute atomic E-state index is 0.107. The summed E-state index contributed by atoms with van der Waals surface area (Å²) >= 11 is 3.15. The number of halogens is 1. The molecule has 1 atom stereocenters. The molecule has 100 valence electrons. The number of pyridine rings is 1. The summed E-state index contributed by atoms with van der Waals surface area (Å²) in [6, 6.07) is 1.07. The average Bonchev–Trinajstić information content (AvgIpc) is 2.78. The Kier molecular flexibility index (Phi) is 3.79. The van der Waals surface area contributed by atoms with Gasteiger partial charge in [0.25, 0.3) is 0 Å². The standard InChI is InChI=1S/C11H11BrN4O3/c1-6-4-14-11(19-6)7(2)15-10-9(16(17)18)3-8(12)5-13-10/h3-5,7H,1-2H3,(H,13,15). The Balaban J connectivity index is 2.26. The smallest absolute Gasteiger partial charge is 0.312 e. The minimum atomic E-state index is -0.492. The van der Waals surface area contributed by atoms with Gasteiger partial charge >= 0.3 is 5.69 Å². The third-order valence-electron chi connectivity index (χ3n) is 2.39. The summed E-state index contributed by atoms with van der Waals surface area (Å²) in [5.41, 5.74) is -0.107. The number of nitrogens with one attached hydrogen (secondary N) is 1. The quantitative estimate of drug-likeness (QED) is 0.684. The van der Waals surface area contributed by atoms with Crippen molar-refractivity contribution in [3.63, 3.8) is 0 Å². The van der Waals surface area contributed by atoms with Gasteiger partial charge in [-0.2, -0.15) is 0 Å². The van der Waals surface area contributed by atoms with Gasteiger partial charge < -0.3 is 9.73 Å². The zero-order chi connectivity index (χ0) is 14.0. The van der Waals surface area contributed by atoms with Gasteiger partial charge in [-0.25, -0.2) is 9.97 Å². The molecule has 0 aliphatic rings. The lowest BCUT2D eigenvalue weighted by molar-refractivity contribution is -0.384. The van der Waals surface area contributed by atoms with Crippen LogP contribution in [0, 0.1) is 17.0 Å². The Hall–Kier alpha value is -1.96. The first-order valence-electron chi connectivity index (χ1n) is 5.46. The lowest BCUT2D eigenvalue weighted by Gasteiger charge is -2.11. The third-order valence-corrected chi connectivity index (χ3v) is 2.83. The second-order valence-corrected chi connectivity index (χ2v) is 4.87. The zero-order valence-corrected chi connectivity index (χ0v) is 11.8. The summed E-state index contributed by atoms with van der Waals surface area (Å²) in [4.78, 5) is 18.5. The van der Waals surface area contributed by atoms with Crippen LogP contribution in [0.15, 0.2) is 27.3 Å². The van der Waals surface area contributed by atoms with Crippen LogP contribution in [0.5, 0.6) is 0 Å². The lowest BCUT2D eigenvalue weighted by Crippen LogP contribution is -2.10. The van der Waals surface area contributed by atoms with Gasteiger partial charge in [0.1, 0.15) is 11.8 Å². The number of oxazole rings is 1. The van der Waals surface area contributed by atoms with Gasteiger partial charge in [-0.3, -0.25) is 10.1 Å². The highest BCUT2D eigenvalue weighted by Gasteiger charge is 2.20. The van der Waals surface area contributed by atoms with E-state index in [1.165, 1.54) is 12.3 Å². The fourth-order valence-corrected chi connectivity index (χ4v) is 1.84. The molecule has 1 unspecified atom stereocenters. The predicted molar refractivity (Wildman–Crippen MR) is 71.9 cm³/mol. The molecule has 2 heterocycles. The molecule has 7 nitrogen and oxygen atoms in total.